The summed E-state index contributed by atoms with van der Waals surface area (Å²) in [6.07, 6.45) is 11.4. The summed E-state index contributed by atoms with van der Waals surface area (Å²) in [5.41, 5.74) is 1.95. The van der Waals surface area contributed by atoms with Crippen LogP contribution in [0.5, 0.6) is 0 Å². The van der Waals surface area contributed by atoms with Crippen molar-refractivity contribution in [2.45, 2.75) is 75.9 Å². The highest BCUT2D eigenvalue weighted by atomic mass is 35.5. The first-order valence-corrected chi connectivity index (χ1v) is 13.2. The molecule has 1 atom stereocenters. The maximum Gasteiger partial charge on any atom is 0.228 e. The number of anilines is 2. The Hall–Kier alpha value is -1.91. The Morgan fingerprint density at radius 1 is 0.879 bits per heavy atom. The van der Waals surface area contributed by atoms with E-state index >= 15 is 0 Å². The standard InChI is InChI=1S/C27H33Cl2N3O/c28-19-15-16-22(29)21(17-19)27(31-23-13-7-8-14-24(23)32-27)25(18-9-3-1-4-10-18)26(33)30-20-11-5-2-6-12-20/h7-8,13-18,20,25,31-32H,1-6,9-12H2,(H,30,33). The molecule has 0 saturated heterocycles. The van der Waals surface area contributed by atoms with Gasteiger partial charge in [0, 0.05) is 21.7 Å². The quantitative estimate of drug-likeness (QED) is 0.415. The van der Waals surface area contributed by atoms with Crippen LogP contribution in [0.2, 0.25) is 10.0 Å². The summed E-state index contributed by atoms with van der Waals surface area (Å²) in [5, 5.41) is 12.1. The van der Waals surface area contributed by atoms with Gasteiger partial charge in [0.05, 0.1) is 17.3 Å². The highest BCUT2D eigenvalue weighted by Gasteiger charge is 2.52. The molecule has 2 fully saturated rings. The van der Waals surface area contributed by atoms with E-state index in [0.29, 0.717) is 10.0 Å². The van der Waals surface area contributed by atoms with Crippen molar-refractivity contribution in [2.75, 3.05) is 10.6 Å². The van der Waals surface area contributed by atoms with Gasteiger partial charge in [0.1, 0.15) is 5.66 Å². The fourth-order valence-electron chi connectivity index (χ4n) is 6.18. The van der Waals surface area contributed by atoms with E-state index in [1.54, 1.807) is 6.07 Å². The second kappa shape index (κ2) is 9.76. The van der Waals surface area contributed by atoms with Crippen molar-refractivity contribution >= 4 is 40.5 Å². The summed E-state index contributed by atoms with van der Waals surface area (Å²) < 4.78 is 0. The Bertz CT molecular complexity index is 974. The Morgan fingerprint density at radius 2 is 1.48 bits per heavy atom. The summed E-state index contributed by atoms with van der Waals surface area (Å²) in [5.74, 6) is 0.0624. The number of carbonyl (C=O) groups excluding carboxylic acids is 1. The van der Waals surface area contributed by atoms with Crippen molar-refractivity contribution in [2.24, 2.45) is 11.8 Å². The lowest BCUT2D eigenvalue weighted by atomic mass is 9.71. The molecule has 0 spiro atoms. The molecule has 0 bridgehead atoms. The van der Waals surface area contributed by atoms with E-state index < -0.39 is 5.66 Å². The Kier molecular flexibility index (Phi) is 6.76. The van der Waals surface area contributed by atoms with Gasteiger partial charge in [0.25, 0.3) is 0 Å². The van der Waals surface area contributed by atoms with Crippen molar-refractivity contribution in [3.63, 3.8) is 0 Å². The highest BCUT2D eigenvalue weighted by molar-refractivity contribution is 6.33. The van der Waals surface area contributed by atoms with Gasteiger partial charge in [-0.25, -0.2) is 0 Å². The molecule has 176 valence electrons. The fourth-order valence-corrected chi connectivity index (χ4v) is 6.62. The zero-order valence-electron chi connectivity index (χ0n) is 19.0. The zero-order valence-corrected chi connectivity index (χ0v) is 20.5. The van der Waals surface area contributed by atoms with Crippen molar-refractivity contribution in [1.82, 2.24) is 5.32 Å². The van der Waals surface area contributed by atoms with E-state index in [1.807, 2.05) is 24.3 Å². The Balaban J connectivity index is 1.60. The van der Waals surface area contributed by atoms with E-state index in [4.69, 9.17) is 23.2 Å². The SMILES string of the molecule is O=C(NC1CCCCC1)C(C1CCCCC1)C1(c2cc(Cl)ccc2Cl)Nc2ccccc2N1. The van der Waals surface area contributed by atoms with E-state index in [0.717, 1.165) is 55.5 Å². The summed E-state index contributed by atoms with van der Waals surface area (Å²) >= 11 is 13.3. The number of benzene rings is 2. The third-order valence-electron chi connectivity index (χ3n) is 7.77. The molecule has 2 saturated carbocycles. The first kappa shape index (κ1) is 22.9. The smallest absolute Gasteiger partial charge is 0.228 e. The normalized spacial score (nSPS) is 21.5. The van der Waals surface area contributed by atoms with Gasteiger partial charge in [-0.15, -0.1) is 0 Å². The molecule has 1 unspecified atom stereocenters. The fraction of sp³-hybridized carbons (Fsp3) is 0.519. The third kappa shape index (κ3) is 4.57. The molecule has 2 aliphatic carbocycles. The van der Waals surface area contributed by atoms with Crippen molar-refractivity contribution in [3.8, 4) is 0 Å². The van der Waals surface area contributed by atoms with Crippen molar-refractivity contribution in [1.29, 1.82) is 0 Å². The number of carbonyl (C=O) groups is 1. The number of fused-ring (bicyclic) bond motifs is 1. The van der Waals surface area contributed by atoms with E-state index in [2.05, 4.69) is 28.1 Å². The Morgan fingerprint density at radius 3 is 2.12 bits per heavy atom. The molecule has 1 aliphatic heterocycles. The van der Waals surface area contributed by atoms with E-state index in [1.165, 1.54) is 25.7 Å². The summed E-state index contributed by atoms with van der Waals surface area (Å²) in [6, 6.07) is 14.0. The minimum absolute atomic E-state index is 0.123. The van der Waals surface area contributed by atoms with Crippen molar-refractivity contribution < 1.29 is 4.79 Å². The van der Waals surface area contributed by atoms with Gasteiger partial charge in [-0.1, -0.05) is 73.9 Å². The molecular formula is C27H33Cl2N3O. The van der Waals surface area contributed by atoms with Crippen molar-refractivity contribution in [3.05, 3.63) is 58.1 Å². The molecule has 6 heteroatoms. The maximum absolute atomic E-state index is 14.2. The second-order valence-electron chi connectivity index (χ2n) is 9.95. The molecule has 1 amide bonds. The number of para-hydroxylation sites is 2. The average Bonchev–Trinajstić information content (AvgIpc) is 3.22. The van der Waals surface area contributed by atoms with Crippen LogP contribution in [-0.2, 0) is 10.5 Å². The summed E-state index contributed by atoms with van der Waals surface area (Å²) in [6.45, 7) is 0. The lowest BCUT2D eigenvalue weighted by molar-refractivity contribution is -0.130. The minimum atomic E-state index is -0.855. The van der Waals surface area contributed by atoms with Crippen LogP contribution in [0.3, 0.4) is 0 Å². The van der Waals surface area contributed by atoms with Crippen LogP contribution in [0.15, 0.2) is 42.5 Å². The van der Waals surface area contributed by atoms with E-state index in [9.17, 15) is 4.79 Å². The van der Waals surface area contributed by atoms with Gasteiger partial charge < -0.3 is 16.0 Å². The number of amides is 1. The van der Waals surface area contributed by atoms with Gasteiger partial charge >= 0.3 is 0 Å². The largest absolute Gasteiger partial charge is 0.357 e. The molecule has 33 heavy (non-hydrogen) atoms. The lowest BCUT2D eigenvalue weighted by Gasteiger charge is -2.44. The zero-order chi connectivity index (χ0) is 22.8. The summed E-state index contributed by atoms with van der Waals surface area (Å²) in [7, 11) is 0. The number of rotatable bonds is 5. The average molecular weight is 486 g/mol. The Labute approximate surface area is 206 Å². The van der Waals surface area contributed by atoms with Gasteiger partial charge in [-0.2, -0.15) is 0 Å². The molecule has 0 radical (unpaired) electrons. The third-order valence-corrected chi connectivity index (χ3v) is 8.33. The molecule has 2 aromatic rings. The molecular weight excluding hydrogens is 453 g/mol. The summed E-state index contributed by atoms with van der Waals surface area (Å²) in [4.78, 5) is 14.2. The van der Waals surface area contributed by atoms with E-state index in [-0.39, 0.29) is 23.8 Å². The van der Waals surface area contributed by atoms with Gasteiger partial charge in [0.15, 0.2) is 0 Å². The maximum atomic E-state index is 14.2. The molecule has 5 rings (SSSR count). The van der Waals surface area contributed by atoms with Crippen LogP contribution in [0.25, 0.3) is 0 Å². The minimum Gasteiger partial charge on any atom is -0.357 e. The predicted molar refractivity (Wildman–Crippen MR) is 137 cm³/mol. The molecule has 1 heterocycles. The molecule has 0 aromatic heterocycles. The highest BCUT2D eigenvalue weighted by Crippen LogP contribution is 2.50. The van der Waals surface area contributed by atoms with Crippen LogP contribution in [0, 0.1) is 11.8 Å². The topological polar surface area (TPSA) is 53.2 Å². The predicted octanol–water partition coefficient (Wildman–Crippen LogP) is 7.33. The molecule has 3 aliphatic rings. The molecule has 2 aromatic carbocycles. The van der Waals surface area contributed by atoms with Gasteiger partial charge in [0.2, 0.25) is 5.91 Å². The first-order chi connectivity index (χ1) is 16.1. The van der Waals surface area contributed by atoms with Crippen LogP contribution < -0.4 is 16.0 Å². The number of hydrogen-bond acceptors (Lipinski definition) is 3. The molecule has 3 N–H and O–H groups in total. The number of nitrogens with one attached hydrogen (secondary N) is 3. The molecule has 4 nitrogen and oxygen atoms in total. The first-order valence-electron chi connectivity index (χ1n) is 12.5. The van der Waals surface area contributed by atoms with Gasteiger partial charge in [-0.05, 0) is 61.9 Å². The number of halogens is 2. The van der Waals surface area contributed by atoms with Crippen LogP contribution in [-0.4, -0.2) is 11.9 Å². The second-order valence-corrected chi connectivity index (χ2v) is 10.8. The van der Waals surface area contributed by atoms with Gasteiger partial charge in [-0.3, -0.25) is 4.79 Å². The monoisotopic (exact) mass is 485 g/mol. The van der Waals surface area contributed by atoms with Crippen LogP contribution in [0.4, 0.5) is 11.4 Å². The number of hydrogen-bond donors (Lipinski definition) is 3. The lowest BCUT2D eigenvalue weighted by Crippen LogP contribution is -2.57. The van der Waals surface area contributed by atoms with Crippen LogP contribution >= 0.6 is 23.2 Å². The van der Waals surface area contributed by atoms with Crippen LogP contribution in [0.1, 0.15) is 69.8 Å².